The van der Waals surface area contributed by atoms with Crippen LogP contribution in [0.5, 0.6) is 0 Å². The minimum Gasteiger partial charge on any atom is -0.302 e. The molecule has 1 fully saturated rings. The van der Waals surface area contributed by atoms with Crippen molar-refractivity contribution in [2.45, 2.75) is 6.04 Å². The van der Waals surface area contributed by atoms with Gasteiger partial charge in [-0.25, -0.2) is 9.36 Å². The number of H-pyrrole nitrogens is 1. The monoisotopic (exact) mass is 248 g/mol. The smallest absolute Gasteiger partial charge is 0.302 e. The minimum absolute atomic E-state index is 0.125. The Balaban J connectivity index is 2.24. The fourth-order valence-corrected chi connectivity index (χ4v) is 2.12. The lowest BCUT2D eigenvalue weighted by Crippen LogP contribution is -2.36. The van der Waals surface area contributed by atoms with Crippen LogP contribution in [-0.2, 0) is 13.6 Å². The Morgan fingerprint density at radius 1 is 1.44 bits per heavy atom. The van der Waals surface area contributed by atoms with Gasteiger partial charge in [-0.1, -0.05) is 0 Å². The van der Waals surface area contributed by atoms with Crippen molar-refractivity contribution in [3.05, 3.63) is 33.1 Å². The van der Waals surface area contributed by atoms with Crippen molar-refractivity contribution >= 4 is 7.82 Å². The van der Waals surface area contributed by atoms with Crippen molar-refractivity contribution in [3.8, 4) is 0 Å². The van der Waals surface area contributed by atoms with Crippen LogP contribution in [0, 0.1) is 0 Å². The molecule has 0 amide bonds. The van der Waals surface area contributed by atoms with Gasteiger partial charge in [0.25, 0.3) is 5.56 Å². The molecule has 2 N–H and O–H groups in total. The number of phosphoric ester groups is 1. The molecule has 0 unspecified atom stereocenters. The van der Waals surface area contributed by atoms with Crippen molar-refractivity contribution in [2.24, 2.45) is 0 Å². The highest BCUT2D eigenvalue weighted by Gasteiger charge is 2.31. The summed E-state index contributed by atoms with van der Waals surface area (Å²) >= 11 is 0. The Bertz CT molecular complexity index is 536. The van der Waals surface area contributed by atoms with Gasteiger partial charge in [0.05, 0.1) is 19.3 Å². The van der Waals surface area contributed by atoms with Crippen molar-refractivity contribution < 1.29 is 18.5 Å². The van der Waals surface area contributed by atoms with E-state index in [1.807, 2.05) is 0 Å². The van der Waals surface area contributed by atoms with E-state index >= 15 is 0 Å². The molecule has 0 spiro atoms. The SMILES string of the molecule is O=c1ccn(C2COP(=O)(O)OC2)c(=O)[nH]1. The van der Waals surface area contributed by atoms with E-state index in [0.29, 0.717) is 0 Å². The first-order chi connectivity index (χ1) is 7.48. The summed E-state index contributed by atoms with van der Waals surface area (Å²) in [5.74, 6) is 0. The number of phosphoric acid groups is 1. The summed E-state index contributed by atoms with van der Waals surface area (Å²) in [6, 6.07) is 0.646. The molecular weight excluding hydrogens is 239 g/mol. The van der Waals surface area contributed by atoms with Crippen molar-refractivity contribution in [1.82, 2.24) is 9.55 Å². The molecule has 2 heterocycles. The van der Waals surface area contributed by atoms with Gasteiger partial charge >= 0.3 is 13.5 Å². The summed E-state index contributed by atoms with van der Waals surface area (Å²) in [5.41, 5.74) is -1.12. The number of nitrogens with one attached hydrogen (secondary N) is 1. The Morgan fingerprint density at radius 2 is 2.06 bits per heavy atom. The molecule has 1 aliphatic heterocycles. The topological polar surface area (TPSA) is 111 Å². The molecule has 0 aromatic carbocycles. The highest BCUT2D eigenvalue weighted by molar-refractivity contribution is 7.47. The molecule has 8 nitrogen and oxygen atoms in total. The van der Waals surface area contributed by atoms with Gasteiger partial charge in [0.1, 0.15) is 0 Å². The van der Waals surface area contributed by atoms with E-state index in [2.05, 4.69) is 14.0 Å². The van der Waals surface area contributed by atoms with Crippen molar-refractivity contribution in [1.29, 1.82) is 0 Å². The van der Waals surface area contributed by atoms with Gasteiger partial charge in [-0.15, -0.1) is 0 Å². The Hall–Kier alpha value is -1.21. The quantitative estimate of drug-likeness (QED) is 0.631. The highest BCUT2D eigenvalue weighted by atomic mass is 31.2. The van der Waals surface area contributed by atoms with E-state index in [1.165, 1.54) is 16.8 Å². The molecule has 0 radical (unpaired) electrons. The van der Waals surface area contributed by atoms with Gasteiger partial charge in [-0.3, -0.25) is 23.4 Å². The number of nitrogens with zero attached hydrogens (tertiary/aromatic N) is 1. The molecule has 0 saturated carbocycles. The van der Waals surface area contributed by atoms with Crippen LogP contribution in [0.25, 0.3) is 0 Å². The summed E-state index contributed by atoms with van der Waals surface area (Å²) in [7, 11) is -3.96. The fraction of sp³-hybridized carbons (Fsp3) is 0.429. The van der Waals surface area contributed by atoms with Crippen LogP contribution in [0.3, 0.4) is 0 Å². The fourth-order valence-electron chi connectivity index (χ4n) is 1.32. The maximum absolute atomic E-state index is 11.4. The van der Waals surface area contributed by atoms with Gasteiger partial charge in [-0.2, -0.15) is 0 Å². The van der Waals surface area contributed by atoms with Gasteiger partial charge in [0.2, 0.25) is 0 Å². The lowest BCUT2D eigenvalue weighted by Gasteiger charge is -2.26. The van der Waals surface area contributed by atoms with Gasteiger partial charge in [-0.05, 0) is 0 Å². The van der Waals surface area contributed by atoms with Crippen molar-refractivity contribution in [2.75, 3.05) is 13.2 Å². The number of aromatic amines is 1. The molecule has 0 bridgehead atoms. The van der Waals surface area contributed by atoms with Crippen molar-refractivity contribution in [3.63, 3.8) is 0 Å². The van der Waals surface area contributed by atoms with E-state index in [0.717, 1.165) is 0 Å². The van der Waals surface area contributed by atoms with E-state index in [4.69, 9.17) is 4.89 Å². The average molecular weight is 248 g/mol. The Labute approximate surface area is 89.1 Å². The molecule has 0 atom stereocenters. The van der Waals surface area contributed by atoms with Gasteiger partial charge in [0.15, 0.2) is 0 Å². The zero-order chi connectivity index (χ0) is 11.8. The van der Waals surface area contributed by atoms with Crippen LogP contribution in [0.2, 0.25) is 0 Å². The molecule has 9 heteroatoms. The normalized spacial score (nSPS) is 30.2. The van der Waals surface area contributed by atoms with Crippen LogP contribution < -0.4 is 11.2 Å². The van der Waals surface area contributed by atoms with Crippen LogP contribution in [-0.4, -0.2) is 27.7 Å². The summed E-state index contributed by atoms with van der Waals surface area (Å²) < 4.78 is 21.2. The van der Waals surface area contributed by atoms with E-state index in [9.17, 15) is 14.2 Å². The molecule has 2 rings (SSSR count). The average Bonchev–Trinajstić information content (AvgIpc) is 2.19. The Morgan fingerprint density at radius 3 is 2.62 bits per heavy atom. The lowest BCUT2D eigenvalue weighted by atomic mass is 10.3. The number of hydrogen-bond donors (Lipinski definition) is 2. The highest BCUT2D eigenvalue weighted by Crippen LogP contribution is 2.47. The molecule has 1 aromatic rings. The van der Waals surface area contributed by atoms with Crippen LogP contribution in [0.1, 0.15) is 6.04 Å². The maximum atomic E-state index is 11.4. The molecule has 1 aliphatic rings. The van der Waals surface area contributed by atoms with E-state index < -0.39 is 25.1 Å². The van der Waals surface area contributed by atoms with E-state index in [-0.39, 0.29) is 13.2 Å². The number of rotatable bonds is 1. The first kappa shape index (κ1) is 11.3. The predicted octanol–water partition coefficient (Wildman–Crippen LogP) is -0.775. The maximum Gasteiger partial charge on any atom is 0.472 e. The molecular formula is C7H9N2O6P. The molecule has 0 aliphatic carbocycles. The largest absolute Gasteiger partial charge is 0.472 e. The van der Waals surface area contributed by atoms with Crippen LogP contribution in [0.4, 0.5) is 0 Å². The minimum atomic E-state index is -3.96. The summed E-state index contributed by atoms with van der Waals surface area (Å²) in [5, 5.41) is 0. The predicted molar refractivity (Wildman–Crippen MR) is 52.1 cm³/mol. The third-order valence-corrected chi connectivity index (χ3v) is 3.06. The standard InChI is InChI=1S/C7H9N2O6P/c10-6-1-2-9(7(11)8-6)5-3-14-16(12,13)15-4-5/h1-2,5H,3-4H2,(H,12,13)(H,8,10,11). The second kappa shape index (κ2) is 3.99. The number of hydrogen-bond acceptors (Lipinski definition) is 5. The summed E-state index contributed by atoms with van der Waals surface area (Å²) in [6.07, 6.45) is 1.28. The first-order valence-corrected chi connectivity index (χ1v) is 5.91. The molecule has 16 heavy (non-hydrogen) atoms. The van der Waals surface area contributed by atoms with Gasteiger partial charge < -0.3 is 4.89 Å². The molecule has 88 valence electrons. The zero-order valence-corrected chi connectivity index (χ0v) is 8.92. The van der Waals surface area contributed by atoms with Gasteiger partial charge in [0, 0.05) is 12.3 Å². The first-order valence-electron chi connectivity index (χ1n) is 4.41. The summed E-state index contributed by atoms with van der Waals surface area (Å²) in [4.78, 5) is 33.2. The molecule has 1 aromatic heterocycles. The second-order valence-electron chi connectivity index (χ2n) is 3.23. The lowest BCUT2D eigenvalue weighted by molar-refractivity contribution is 0.0608. The molecule has 1 saturated heterocycles. The second-order valence-corrected chi connectivity index (χ2v) is 4.68. The van der Waals surface area contributed by atoms with Crippen LogP contribution in [0.15, 0.2) is 21.9 Å². The number of aromatic nitrogens is 2. The van der Waals surface area contributed by atoms with Crippen LogP contribution >= 0.6 is 7.82 Å². The third-order valence-electron chi connectivity index (χ3n) is 2.10. The Kier molecular flexibility index (Phi) is 2.81. The summed E-state index contributed by atoms with van der Waals surface area (Å²) in [6.45, 7) is -0.251. The third kappa shape index (κ3) is 2.30. The van der Waals surface area contributed by atoms with E-state index in [1.54, 1.807) is 0 Å². The zero-order valence-electron chi connectivity index (χ0n) is 8.03.